The average molecular weight is 978 g/mol. The van der Waals surface area contributed by atoms with E-state index in [1.807, 2.05) is 0 Å². The fourth-order valence-electron chi connectivity index (χ4n) is 21.5. The van der Waals surface area contributed by atoms with Crippen molar-refractivity contribution in [3.8, 4) is 0 Å². The van der Waals surface area contributed by atoms with Gasteiger partial charge in [-0.3, -0.25) is 0 Å². The number of fused-ring (bicyclic) bond motifs is 12. The van der Waals surface area contributed by atoms with Crippen molar-refractivity contribution in [3.05, 3.63) is 69.8 Å². The fraction of sp³-hybridized carbons (Fsp3) is 0.824. The first kappa shape index (κ1) is 49.8. The predicted octanol–water partition coefficient (Wildman–Crippen LogP) is 14.6. The van der Waals surface area contributed by atoms with Gasteiger partial charge in [-0.25, -0.2) is 0 Å². The number of hydrogen-bond acceptors (Lipinski definition) is 4. The number of benzene rings is 2. The van der Waals surface area contributed by atoms with Crippen LogP contribution in [0.5, 0.6) is 0 Å². The van der Waals surface area contributed by atoms with E-state index in [4.69, 9.17) is 21.3 Å². The maximum Gasteiger partial charge on any atom is 0.0157 e. The summed E-state index contributed by atoms with van der Waals surface area (Å²) in [6.45, 7) is 29.7. The summed E-state index contributed by atoms with van der Waals surface area (Å²) in [6.07, 6.45) is 26.0. The topological polar surface area (TPSA) is 48.1 Å². The van der Waals surface area contributed by atoms with Gasteiger partial charge in [-0.15, -0.1) is 0 Å². The molecule has 6 saturated carbocycles. The third kappa shape index (κ3) is 8.36. The summed E-state index contributed by atoms with van der Waals surface area (Å²) in [4.78, 5) is 0. The van der Waals surface area contributed by atoms with Gasteiger partial charge in [0.25, 0.3) is 0 Å². The highest BCUT2D eigenvalue weighted by Crippen LogP contribution is 2.64. The monoisotopic (exact) mass is 977 g/mol. The zero-order valence-electron chi connectivity index (χ0n) is 47.9. The number of nitrogens with one attached hydrogen (secondary N) is 4. The van der Waals surface area contributed by atoms with E-state index in [0.29, 0.717) is 60.2 Å². The Morgan fingerprint density at radius 2 is 0.625 bits per heavy atom. The lowest BCUT2D eigenvalue weighted by molar-refractivity contribution is -0.0728. The minimum Gasteiger partial charge on any atom is -0.310 e. The van der Waals surface area contributed by atoms with Gasteiger partial charge < -0.3 is 21.3 Å². The molecule has 4 heteroatoms. The third-order valence-electron chi connectivity index (χ3n) is 24.5. The third-order valence-corrected chi connectivity index (χ3v) is 24.5. The molecular formula is C68H104N4. The smallest absolute Gasteiger partial charge is 0.0157 e. The van der Waals surface area contributed by atoms with Crippen molar-refractivity contribution in [2.24, 2.45) is 71.0 Å². The van der Waals surface area contributed by atoms with Crippen molar-refractivity contribution >= 4 is 0 Å². The molecule has 0 radical (unpaired) electrons. The molecule has 5 aliphatic heterocycles. The van der Waals surface area contributed by atoms with Gasteiger partial charge in [0.1, 0.15) is 0 Å². The van der Waals surface area contributed by atoms with Crippen molar-refractivity contribution in [2.45, 2.75) is 280 Å². The zero-order valence-corrected chi connectivity index (χ0v) is 47.9. The Kier molecular flexibility index (Phi) is 12.4. The standard InChI is InChI=1S/C68H104N4/c1-65(2,3)41-29-39(30-42(33-41)66(4,5)6)59-51-25-27-53(69-51)61-47-23-15-20-38-18-14-22-46(58(38)47)50-36-56(72-64(50)61)60(40-31-43(67(7,8)9)34-44(32-40)68(10,11)12)52-26-28-54(70-52)62-48-24-16-19-37-17-13-21-45(57(37)48)49-35-55(59)71-63(49)62/h29-34,37-38,45-64,69-72H,13-28,35-36H2,1-12H3. The zero-order chi connectivity index (χ0) is 50.0. The van der Waals surface area contributed by atoms with Crippen LogP contribution in [0.15, 0.2) is 36.4 Å². The summed E-state index contributed by atoms with van der Waals surface area (Å²) in [5.41, 5.74) is 9.95. The van der Waals surface area contributed by atoms with Crippen LogP contribution >= 0.6 is 0 Å². The van der Waals surface area contributed by atoms with E-state index in [1.54, 1.807) is 33.4 Å². The van der Waals surface area contributed by atoms with E-state index in [-0.39, 0.29) is 21.7 Å². The van der Waals surface area contributed by atoms with Crippen molar-refractivity contribution in [2.75, 3.05) is 0 Å². The SMILES string of the molecule is CC(C)(C)c1cc(C2C3CCC(N3)C3C4CCCC5CCCC(C6CC(NC63)C(c3cc(C(C)(C)C)cc(C(C)(C)C)c3)C3CCC(N3)C3C6CCCC7CCCC(C8CC2NC83)C76)C54)cc(C(C)(C)C)c1. The molecule has 8 bridgehead atoms. The van der Waals surface area contributed by atoms with Crippen LogP contribution in [-0.4, -0.2) is 48.3 Å². The van der Waals surface area contributed by atoms with Crippen LogP contribution in [0.4, 0.5) is 0 Å². The van der Waals surface area contributed by atoms with Gasteiger partial charge in [0, 0.05) is 60.2 Å². The molecule has 72 heavy (non-hydrogen) atoms. The number of hydrogen-bond donors (Lipinski definition) is 4. The molecule has 5 heterocycles. The molecule has 11 fully saturated rings. The van der Waals surface area contributed by atoms with Gasteiger partial charge in [-0.2, -0.15) is 0 Å². The van der Waals surface area contributed by atoms with Crippen LogP contribution in [-0.2, 0) is 21.7 Å². The van der Waals surface area contributed by atoms with Crippen LogP contribution in [0.2, 0.25) is 0 Å². The van der Waals surface area contributed by atoms with E-state index in [0.717, 1.165) is 71.0 Å². The summed E-state index contributed by atoms with van der Waals surface area (Å²) >= 11 is 0. The van der Waals surface area contributed by atoms with Crippen LogP contribution in [0.1, 0.15) is 244 Å². The minimum absolute atomic E-state index is 0.107. The van der Waals surface area contributed by atoms with Gasteiger partial charge in [0.05, 0.1) is 0 Å². The molecule has 13 rings (SSSR count). The van der Waals surface area contributed by atoms with Gasteiger partial charge in [-0.05, 0) is 190 Å². The van der Waals surface area contributed by atoms with Gasteiger partial charge in [-0.1, -0.05) is 171 Å². The van der Waals surface area contributed by atoms with E-state index >= 15 is 0 Å². The normalized spacial score (nSPS) is 45.7. The van der Waals surface area contributed by atoms with E-state index < -0.39 is 0 Å². The molecule has 11 aliphatic rings. The Morgan fingerprint density at radius 1 is 0.306 bits per heavy atom. The van der Waals surface area contributed by atoms with Gasteiger partial charge in [0.15, 0.2) is 0 Å². The Bertz CT molecular complexity index is 2090. The minimum atomic E-state index is 0.107. The quantitative estimate of drug-likeness (QED) is 0.242. The molecule has 396 valence electrons. The molecule has 5 saturated heterocycles. The highest BCUT2D eigenvalue weighted by Gasteiger charge is 2.63. The average Bonchev–Trinajstić information content (AvgIpc) is 4.17. The predicted molar refractivity (Wildman–Crippen MR) is 301 cm³/mol. The lowest BCUT2D eigenvalue weighted by Crippen LogP contribution is -2.62. The van der Waals surface area contributed by atoms with E-state index in [1.165, 1.54) is 116 Å². The Morgan fingerprint density at radius 3 is 0.958 bits per heavy atom. The second-order valence-corrected chi connectivity index (χ2v) is 32.3. The summed E-state index contributed by atoms with van der Waals surface area (Å²) in [6, 6.07) is 20.8. The summed E-state index contributed by atoms with van der Waals surface area (Å²) in [5, 5.41) is 19.5. The first-order valence-corrected chi connectivity index (χ1v) is 31.5. The van der Waals surface area contributed by atoms with Crippen LogP contribution in [0.3, 0.4) is 0 Å². The van der Waals surface area contributed by atoms with E-state index in [2.05, 4.69) is 119 Å². The highest BCUT2D eigenvalue weighted by molar-refractivity contribution is 5.43. The molecule has 22 atom stereocenters. The van der Waals surface area contributed by atoms with Crippen molar-refractivity contribution < 1.29 is 0 Å². The lowest BCUT2D eigenvalue weighted by atomic mass is 9.48. The molecule has 0 aromatic heterocycles. The molecule has 2 aromatic carbocycles. The molecule has 4 nitrogen and oxygen atoms in total. The summed E-state index contributed by atoms with van der Waals surface area (Å²) in [7, 11) is 0. The number of rotatable bonds is 2. The van der Waals surface area contributed by atoms with Gasteiger partial charge in [0.2, 0.25) is 0 Å². The molecule has 6 aliphatic carbocycles. The largest absolute Gasteiger partial charge is 0.310 e. The Balaban J connectivity index is 0.983. The molecule has 0 spiro atoms. The Labute approximate surface area is 440 Å². The maximum atomic E-state index is 4.89. The highest BCUT2D eigenvalue weighted by atomic mass is 15.1. The summed E-state index contributed by atoms with van der Waals surface area (Å²) in [5.74, 6) is 11.4. The summed E-state index contributed by atoms with van der Waals surface area (Å²) < 4.78 is 0. The molecular weight excluding hydrogens is 873 g/mol. The van der Waals surface area contributed by atoms with Crippen LogP contribution in [0.25, 0.3) is 0 Å². The van der Waals surface area contributed by atoms with Crippen LogP contribution < -0.4 is 21.3 Å². The fourth-order valence-corrected chi connectivity index (χ4v) is 21.5. The Hall–Kier alpha value is -1.72. The van der Waals surface area contributed by atoms with Crippen LogP contribution in [0, 0.1) is 71.0 Å². The first-order chi connectivity index (χ1) is 34.2. The lowest BCUT2D eigenvalue weighted by Gasteiger charge is -2.58. The van der Waals surface area contributed by atoms with Crippen molar-refractivity contribution in [3.63, 3.8) is 0 Å². The van der Waals surface area contributed by atoms with Crippen molar-refractivity contribution in [1.82, 2.24) is 21.3 Å². The second kappa shape index (κ2) is 17.9. The van der Waals surface area contributed by atoms with Crippen molar-refractivity contribution in [1.29, 1.82) is 0 Å². The molecule has 0 amide bonds. The second-order valence-electron chi connectivity index (χ2n) is 32.3. The molecule has 4 N–H and O–H groups in total. The molecule has 22 unspecified atom stereocenters. The maximum absolute atomic E-state index is 4.89. The molecule has 2 aromatic rings. The first-order valence-electron chi connectivity index (χ1n) is 31.5. The van der Waals surface area contributed by atoms with Gasteiger partial charge >= 0.3 is 0 Å². The van der Waals surface area contributed by atoms with E-state index in [9.17, 15) is 0 Å².